The first kappa shape index (κ1) is 18.8. The number of unbranched alkanes of at least 4 members (excludes halogenated alkanes) is 1. The maximum atomic E-state index is 14.2. The van der Waals surface area contributed by atoms with Crippen molar-refractivity contribution in [2.45, 2.75) is 32.5 Å². The fraction of sp³-hybridized carbons (Fsp3) is 0.400. The molecule has 1 aliphatic rings. The molecule has 0 spiro atoms. The van der Waals surface area contributed by atoms with Gasteiger partial charge in [0.05, 0.1) is 18.4 Å². The number of rotatable bonds is 6. The van der Waals surface area contributed by atoms with Gasteiger partial charge >= 0.3 is 0 Å². The van der Waals surface area contributed by atoms with Crippen LogP contribution in [0.3, 0.4) is 0 Å². The van der Waals surface area contributed by atoms with Gasteiger partial charge in [-0.25, -0.2) is 9.37 Å². The third-order valence-corrected chi connectivity index (χ3v) is 4.52. The number of isothiocyanates is 1. The first-order valence-corrected chi connectivity index (χ1v) is 9.19. The molecule has 1 aliphatic heterocycles. The van der Waals surface area contributed by atoms with Crippen LogP contribution in [-0.2, 0) is 9.47 Å². The molecule has 0 unspecified atom stereocenters. The minimum absolute atomic E-state index is 0.208. The maximum Gasteiger partial charge on any atom is 0.183 e. The number of hydrogen-bond donors (Lipinski definition) is 0. The highest BCUT2D eigenvalue weighted by Gasteiger charge is 2.23. The molecule has 0 aliphatic carbocycles. The molecule has 1 aromatic heterocycles. The quantitative estimate of drug-likeness (QED) is 0.498. The van der Waals surface area contributed by atoms with Gasteiger partial charge in [0, 0.05) is 29.3 Å². The zero-order valence-corrected chi connectivity index (χ0v) is 15.5. The van der Waals surface area contributed by atoms with E-state index >= 15 is 0 Å². The van der Waals surface area contributed by atoms with Gasteiger partial charge in [0.1, 0.15) is 5.82 Å². The van der Waals surface area contributed by atoms with Gasteiger partial charge in [0.25, 0.3) is 0 Å². The molecule has 1 aromatic carbocycles. The third-order valence-electron chi connectivity index (χ3n) is 4.43. The Labute approximate surface area is 158 Å². The fourth-order valence-corrected chi connectivity index (χ4v) is 3.05. The Kier molecular flexibility index (Phi) is 6.58. The Morgan fingerprint density at radius 2 is 2.00 bits per heavy atom. The van der Waals surface area contributed by atoms with E-state index in [2.05, 4.69) is 34.3 Å². The lowest BCUT2D eigenvalue weighted by Crippen LogP contribution is -2.27. The minimum Gasteiger partial charge on any atom is -0.348 e. The Bertz CT molecular complexity index is 783. The summed E-state index contributed by atoms with van der Waals surface area (Å²) in [4.78, 5) is 7.75. The van der Waals surface area contributed by atoms with E-state index in [1.165, 1.54) is 25.1 Å². The highest BCUT2D eigenvalue weighted by molar-refractivity contribution is 7.78. The summed E-state index contributed by atoms with van der Waals surface area (Å²) in [6.07, 6.45) is 4.61. The van der Waals surface area contributed by atoms with E-state index in [4.69, 9.17) is 9.47 Å². The molecule has 0 amide bonds. The molecule has 0 saturated carbocycles. The van der Waals surface area contributed by atoms with Crippen LogP contribution in [0.2, 0.25) is 0 Å². The summed E-state index contributed by atoms with van der Waals surface area (Å²) in [7, 11) is 0. The van der Waals surface area contributed by atoms with Gasteiger partial charge in [-0.05, 0) is 24.2 Å². The van der Waals surface area contributed by atoms with Crippen molar-refractivity contribution in [3.8, 4) is 11.1 Å². The number of thiocarbonyl (C=S) groups is 1. The summed E-state index contributed by atoms with van der Waals surface area (Å²) in [6, 6.07) is 8.72. The average molecular weight is 372 g/mol. The van der Waals surface area contributed by atoms with E-state index in [-0.39, 0.29) is 12.1 Å². The second kappa shape index (κ2) is 9.10. The molecule has 2 aromatic rings. The van der Waals surface area contributed by atoms with E-state index in [0.29, 0.717) is 24.7 Å². The lowest BCUT2D eigenvalue weighted by atomic mass is 10.0. The van der Waals surface area contributed by atoms with Crippen molar-refractivity contribution in [2.24, 2.45) is 10.9 Å². The Hall–Kier alpha value is -1.98. The number of ether oxygens (including phenoxy) is 2. The van der Waals surface area contributed by atoms with Crippen molar-refractivity contribution in [1.29, 1.82) is 0 Å². The van der Waals surface area contributed by atoms with Crippen molar-refractivity contribution in [2.75, 3.05) is 13.2 Å². The van der Waals surface area contributed by atoms with Crippen LogP contribution < -0.4 is 0 Å². The van der Waals surface area contributed by atoms with Gasteiger partial charge in [0.2, 0.25) is 0 Å². The standard InChI is InChI=1S/C20H21FN2O2S/c1-2-3-4-14-11-24-20(25-12-14)16-7-5-15(6-8-16)17-10-22-19(23-13-26)9-18(17)21/h5-10,14,20H,2-4,11-12H2,1H3. The monoisotopic (exact) mass is 372 g/mol. The molecule has 4 nitrogen and oxygen atoms in total. The van der Waals surface area contributed by atoms with E-state index in [1.807, 2.05) is 24.3 Å². The number of hydrogen-bond acceptors (Lipinski definition) is 5. The van der Waals surface area contributed by atoms with Crippen LogP contribution in [0.25, 0.3) is 11.1 Å². The predicted octanol–water partition coefficient (Wildman–Crippen LogP) is 5.47. The summed E-state index contributed by atoms with van der Waals surface area (Å²) < 4.78 is 25.9. The first-order chi connectivity index (χ1) is 12.7. The topological polar surface area (TPSA) is 43.7 Å². The van der Waals surface area contributed by atoms with Crippen LogP contribution >= 0.6 is 12.2 Å². The maximum absolute atomic E-state index is 14.2. The predicted molar refractivity (Wildman–Crippen MR) is 102 cm³/mol. The van der Waals surface area contributed by atoms with E-state index in [1.54, 1.807) is 0 Å². The second-order valence-electron chi connectivity index (χ2n) is 6.35. The molecule has 136 valence electrons. The molecule has 6 heteroatoms. The molecule has 1 fully saturated rings. The van der Waals surface area contributed by atoms with Crippen molar-refractivity contribution in [3.63, 3.8) is 0 Å². The van der Waals surface area contributed by atoms with Crippen LogP contribution in [0.1, 0.15) is 38.0 Å². The van der Waals surface area contributed by atoms with Gasteiger partial charge in [0.15, 0.2) is 12.1 Å². The van der Waals surface area contributed by atoms with E-state index in [0.717, 1.165) is 17.5 Å². The zero-order chi connectivity index (χ0) is 18.4. The van der Waals surface area contributed by atoms with Gasteiger partial charge < -0.3 is 9.47 Å². The summed E-state index contributed by atoms with van der Waals surface area (Å²) in [5, 5.41) is 2.18. The number of benzene rings is 1. The smallest absolute Gasteiger partial charge is 0.183 e. The largest absolute Gasteiger partial charge is 0.348 e. The molecule has 0 atom stereocenters. The van der Waals surface area contributed by atoms with Crippen molar-refractivity contribution in [3.05, 3.63) is 47.9 Å². The van der Waals surface area contributed by atoms with Gasteiger partial charge in [-0.15, -0.1) is 0 Å². The SMILES string of the molecule is CCCCC1COC(c2ccc(-c3cnc(N=C=S)cc3F)cc2)OC1. The Morgan fingerprint density at radius 3 is 2.62 bits per heavy atom. The lowest BCUT2D eigenvalue weighted by Gasteiger charge is -2.29. The second-order valence-corrected chi connectivity index (χ2v) is 6.54. The molecule has 2 heterocycles. The Balaban J connectivity index is 1.67. The van der Waals surface area contributed by atoms with E-state index < -0.39 is 5.82 Å². The summed E-state index contributed by atoms with van der Waals surface area (Å²) in [6.45, 7) is 3.62. The zero-order valence-electron chi connectivity index (χ0n) is 14.7. The van der Waals surface area contributed by atoms with Crippen LogP contribution in [0, 0.1) is 11.7 Å². The molecule has 26 heavy (non-hydrogen) atoms. The highest BCUT2D eigenvalue weighted by Crippen LogP contribution is 2.30. The summed E-state index contributed by atoms with van der Waals surface area (Å²) in [5.41, 5.74) is 2.07. The molecule has 0 N–H and O–H groups in total. The summed E-state index contributed by atoms with van der Waals surface area (Å²) in [5.74, 6) is 0.277. The number of nitrogens with zero attached hydrogens (tertiary/aromatic N) is 2. The van der Waals surface area contributed by atoms with Crippen LogP contribution in [-0.4, -0.2) is 23.4 Å². The van der Waals surface area contributed by atoms with Crippen molar-refractivity contribution < 1.29 is 13.9 Å². The van der Waals surface area contributed by atoms with Crippen LogP contribution in [0.15, 0.2) is 41.5 Å². The highest BCUT2D eigenvalue weighted by atomic mass is 32.1. The molecule has 0 bridgehead atoms. The Morgan fingerprint density at radius 1 is 1.27 bits per heavy atom. The van der Waals surface area contributed by atoms with Crippen LogP contribution in [0.5, 0.6) is 0 Å². The van der Waals surface area contributed by atoms with Gasteiger partial charge in [-0.3, -0.25) is 0 Å². The number of aromatic nitrogens is 1. The number of aliphatic imine (C=N–C) groups is 1. The molecule has 0 radical (unpaired) electrons. The molecular weight excluding hydrogens is 351 g/mol. The molecule has 1 saturated heterocycles. The molecule has 3 rings (SSSR count). The minimum atomic E-state index is -0.402. The summed E-state index contributed by atoms with van der Waals surface area (Å²) >= 11 is 4.51. The van der Waals surface area contributed by atoms with E-state index in [9.17, 15) is 4.39 Å². The molecular formula is C20H21FN2O2S. The lowest BCUT2D eigenvalue weighted by molar-refractivity contribution is -0.206. The average Bonchev–Trinajstić information content (AvgIpc) is 2.67. The van der Waals surface area contributed by atoms with Crippen molar-refractivity contribution >= 4 is 23.2 Å². The van der Waals surface area contributed by atoms with Gasteiger partial charge in [-0.1, -0.05) is 44.0 Å². The van der Waals surface area contributed by atoms with Gasteiger partial charge in [-0.2, -0.15) is 4.99 Å². The first-order valence-electron chi connectivity index (χ1n) is 8.78. The third kappa shape index (κ3) is 4.59. The van der Waals surface area contributed by atoms with Crippen LogP contribution in [0.4, 0.5) is 10.2 Å². The van der Waals surface area contributed by atoms with Crippen molar-refractivity contribution in [1.82, 2.24) is 4.98 Å². The normalized spacial score (nSPS) is 19.8. The number of pyridine rings is 1. The number of halogens is 1. The fourth-order valence-electron chi connectivity index (χ4n) is 2.96.